The Bertz CT molecular complexity index is 631. The van der Waals surface area contributed by atoms with E-state index < -0.39 is 0 Å². The highest BCUT2D eigenvalue weighted by atomic mass is 16.1. The number of amides is 1. The summed E-state index contributed by atoms with van der Waals surface area (Å²) in [5.74, 6) is -0.326. The Labute approximate surface area is 125 Å². The van der Waals surface area contributed by atoms with E-state index in [1.165, 1.54) is 0 Å². The van der Waals surface area contributed by atoms with Crippen molar-refractivity contribution in [2.45, 2.75) is 33.7 Å². The minimum Gasteiger partial charge on any atom is -0.327 e. The van der Waals surface area contributed by atoms with Crippen LogP contribution < -0.4 is 11.1 Å². The van der Waals surface area contributed by atoms with Gasteiger partial charge in [-0.3, -0.25) is 4.79 Å². The third-order valence-electron chi connectivity index (χ3n) is 3.74. The fourth-order valence-electron chi connectivity index (χ4n) is 2.12. The van der Waals surface area contributed by atoms with Crippen molar-refractivity contribution in [1.29, 1.82) is 0 Å². The van der Waals surface area contributed by atoms with Crippen LogP contribution in [0.5, 0.6) is 0 Å². The lowest BCUT2D eigenvalue weighted by atomic mass is 10.0. The van der Waals surface area contributed by atoms with Gasteiger partial charge in [-0.15, -0.1) is 0 Å². The van der Waals surface area contributed by atoms with Gasteiger partial charge in [0.25, 0.3) is 0 Å². The van der Waals surface area contributed by atoms with Crippen molar-refractivity contribution in [2.24, 2.45) is 11.7 Å². The maximum absolute atomic E-state index is 12.2. The van der Waals surface area contributed by atoms with Crippen LogP contribution in [0.15, 0.2) is 30.3 Å². The highest BCUT2D eigenvalue weighted by Gasteiger charge is 2.21. The van der Waals surface area contributed by atoms with Gasteiger partial charge < -0.3 is 11.1 Å². The Morgan fingerprint density at radius 1 is 1.24 bits per heavy atom. The number of rotatable bonds is 4. The molecule has 0 bridgehead atoms. The average Bonchev–Trinajstić information content (AvgIpc) is 2.75. The smallest absolute Gasteiger partial charge is 0.228 e. The normalized spacial score (nSPS) is 13.8. The lowest BCUT2D eigenvalue weighted by Crippen LogP contribution is -2.34. The number of nitrogens with two attached hydrogens (primary N) is 1. The molecule has 0 spiro atoms. The van der Waals surface area contributed by atoms with E-state index in [1.54, 1.807) is 0 Å². The van der Waals surface area contributed by atoms with Gasteiger partial charge in [0.15, 0.2) is 0 Å². The molecule has 1 aromatic heterocycles. The van der Waals surface area contributed by atoms with E-state index in [0.29, 0.717) is 0 Å². The SMILES string of the molecule is Cc1nn(-c2ccccc2)c(C)c1NC(=O)C(C)C(C)N. The van der Waals surface area contributed by atoms with Crippen molar-refractivity contribution in [3.8, 4) is 5.69 Å². The molecule has 0 aliphatic carbocycles. The number of carbonyl (C=O) groups is 1. The summed E-state index contributed by atoms with van der Waals surface area (Å²) in [6.45, 7) is 7.49. The molecule has 21 heavy (non-hydrogen) atoms. The number of aromatic nitrogens is 2. The highest BCUT2D eigenvalue weighted by Crippen LogP contribution is 2.23. The molecule has 2 unspecified atom stereocenters. The lowest BCUT2D eigenvalue weighted by molar-refractivity contribution is -0.119. The molecule has 2 aromatic rings. The van der Waals surface area contributed by atoms with Crippen molar-refractivity contribution in [2.75, 3.05) is 5.32 Å². The average molecular weight is 286 g/mol. The van der Waals surface area contributed by atoms with Gasteiger partial charge in [-0.25, -0.2) is 4.68 Å². The molecule has 0 fully saturated rings. The van der Waals surface area contributed by atoms with Gasteiger partial charge in [-0.2, -0.15) is 5.10 Å². The van der Waals surface area contributed by atoms with Crippen molar-refractivity contribution >= 4 is 11.6 Å². The molecule has 5 nitrogen and oxygen atoms in total. The molecule has 1 amide bonds. The zero-order valence-electron chi connectivity index (χ0n) is 12.9. The van der Waals surface area contributed by atoms with Gasteiger partial charge in [0, 0.05) is 6.04 Å². The molecular formula is C16H22N4O. The zero-order chi connectivity index (χ0) is 15.6. The van der Waals surface area contributed by atoms with Crippen LogP contribution in [-0.2, 0) is 4.79 Å². The first-order valence-corrected chi connectivity index (χ1v) is 7.10. The van der Waals surface area contributed by atoms with Gasteiger partial charge in [-0.1, -0.05) is 25.1 Å². The number of carbonyl (C=O) groups excluding carboxylic acids is 1. The molecule has 0 aliphatic rings. The molecule has 2 rings (SSSR count). The van der Waals surface area contributed by atoms with Gasteiger partial charge in [0.05, 0.1) is 28.7 Å². The standard InChI is InChI=1S/C16H22N4O/c1-10(11(2)17)16(21)18-15-12(3)19-20(13(15)4)14-8-6-5-7-9-14/h5-11H,17H2,1-4H3,(H,18,21). The summed E-state index contributed by atoms with van der Waals surface area (Å²) in [6.07, 6.45) is 0. The predicted octanol–water partition coefficient (Wildman–Crippen LogP) is 2.41. The number of anilines is 1. The molecular weight excluding hydrogens is 264 g/mol. The maximum atomic E-state index is 12.2. The van der Waals surface area contributed by atoms with Crippen LogP contribution in [0.3, 0.4) is 0 Å². The monoisotopic (exact) mass is 286 g/mol. The molecule has 0 saturated carbocycles. The number of para-hydroxylation sites is 1. The highest BCUT2D eigenvalue weighted by molar-refractivity contribution is 5.93. The van der Waals surface area contributed by atoms with Crippen LogP contribution in [0, 0.1) is 19.8 Å². The van der Waals surface area contributed by atoms with Gasteiger partial charge in [0.2, 0.25) is 5.91 Å². The fraction of sp³-hybridized carbons (Fsp3) is 0.375. The summed E-state index contributed by atoms with van der Waals surface area (Å²) >= 11 is 0. The maximum Gasteiger partial charge on any atom is 0.228 e. The van der Waals surface area contributed by atoms with Crippen LogP contribution in [0.2, 0.25) is 0 Å². The molecule has 5 heteroatoms. The minimum atomic E-state index is -0.246. The molecule has 2 atom stereocenters. The summed E-state index contributed by atoms with van der Waals surface area (Å²) in [6, 6.07) is 9.66. The second-order valence-corrected chi connectivity index (χ2v) is 5.43. The van der Waals surface area contributed by atoms with Crippen molar-refractivity contribution in [1.82, 2.24) is 9.78 Å². The summed E-state index contributed by atoms with van der Waals surface area (Å²) in [4.78, 5) is 12.2. The van der Waals surface area contributed by atoms with Crippen molar-refractivity contribution in [3.63, 3.8) is 0 Å². The van der Waals surface area contributed by atoms with Gasteiger partial charge >= 0.3 is 0 Å². The van der Waals surface area contributed by atoms with E-state index >= 15 is 0 Å². The first kappa shape index (κ1) is 15.3. The molecule has 1 aromatic carbocycles. The summed E-state index contributed by atoms with van der Waals surface area (Å²) in [7, 11) is 0. The van der Waals surface area contributed by atoms with Crippen LogP contribution in [0.1, 0.15) is 25.2 Å². The second-order valence-electron chi connectivity index (χ2n) is 5.43. The van der Waals surface area contributed by atoms with E-state index in [1.807, 2.05) is 62.7 Å². The number of hydrogen-bond acceptors (Lipinski definition) is 3. The Morgan fingerprint density at radius 3 is 2.43 bits per heavy atom. The largest absolute Gasteiger partial charge is 0.327 e. The van der Waals surface area contributed by atoms with E-state index in [9.17, 15) is 4.79 Å². The number of benzene rings is 1. The van der Waals surface area contributed by atoms with E-state index in [2.05, 4.69) is 10.4 Å². The van der Waals surface area contributed by atoms with Crippen LogP contribution >= 0.6 is 0 Å². The third-order valence-corrected chi connectivity index (χ3v) is 3.74. The molecule has 0 radical (unpaired) electrons. The van der Waals surface area contributed by atoms with Crippen LogP contribution in [-0.4, -0.2) is 21.7 Å². The molecule has 3 N–H and O–H groups in total. The number of nitrogens with one attached hydrogen (secondary N) is 1. The third kappa shape index (κ3) is 3.13. The summed E-state index contributed by atoms with van der Waals surface area (Å²) < 4.78 is 1.83. The van der Waals surface area contributed by atoms with E-state index in [-0.39, 0.29) is 17.9 Å². The Hall–Kier alpha value is -2.14. The minimum absolute atomic E-state index is 0.0798. The molecule has 112 valence electrons. The molecule has 0 saturated heterocycles. The summed E-state index contributed by atoms with van der Waals surface area (Å²) in [5, 5.41) is 7.46. The fourth-order valence-corrected chi connectivity index (χ4v) is 2.12. The number of hydrogen-bond donors (Lipinski definition) is 2. The van der Waals surface area contributed by atoms with Gasteiger partial charge in [-0.05, 0) is 32.9 Å². The van der Waals surface area contributed by atoms with Gasteiger partial charge in [0.1, 0.15) is 0 Å². The topological polar surface area (TPSA) is 72.9 Å². The molecule has 1 heterocycles. The van der Waals surface area contributed by atoms with Crippen LogP contribution in [0.4, 0.5) is 5.69 Å². The van der Waals surface area contributed by atoms with Crippen molar-refractivity contribution < 1.29 is 4.79 Å². The van der Waals surface area contributed by atoms with E-state index in [4.69, 9.17) is 5.73 Å². The van der Waals surface area contributed by atoms with E-state index in [0.717, 1.165) is 22.8 Å². The Morgan fingerprint density at radius 2 is 1.86 bits per heavy atom. The number of aryl methyl sites for hydroxylation is 1. The zero-order valence-corrected chi connectivity index (χ0v) is 12.9. The Balaban J connectivity index is 2.31. The number of nitrogens with zero attached hydrogens (tertiary/aromatic N) is 2. The predicted molar refractivity (Wildman–Crippen MR) is 84.5 cm³/mol. The lowest BCUT2D eigenvalue weighted by Gasteiger charge is -2.15. The molecule has 0 aliphatic heterocycles. The first-order chi connectivity index (χ1) is 9.91. The first-order valence-electron chi connectivity index (χ1n) is 7.10. The van der Waals surface area contributed by atoms with Crippen LogP contribution in [0.25, 0.3) is 5.69 Å². The van der Waals surface area contributed by atoms with Crippen molar-refractivity contribution in [3.05, 3.63) is 41.7 Å². The Kier molecular flexibility index (Phi) is 4.43. The quantitative estimate of drug-likeness (QED) is 0.906. The summed E-state index contributed by atoms with van der Waals surface area (Å²) in [5.41, 5.74) is 9.21. The second kappa shape index (κ2) is 6.10.